The molecule has 0 radical (unpaired) electrons. The van der Waals surface area contributed by atoms with Crippen molar-refractivity contribution in [2.24, 2.45) is 0 Å². The highest BCUT2D eigenvalue weighted by Gasteiger charge is 2.28. The zero-order valence-electron chi connectivity index (χ0n) is 15.4. The summed E-state index contributed by atoms with van der Waals surface area (Å²) in [7, 11) is -1.17. The van der Waals surface area contributed by atoms with Crippen LogP contribution in [-0.2, 0) is 0 Å². The average molecular weight is 294 g/mol. The highest BCUT2D eigenvalue weighted by atomic mass is 28.3. The summed E-state index contributed by atoms with van der Waals surface area (Å²) in [6.45, 7) is 17.9. The lowest BCUT2D eigenvalue weighted by molar-refractivity contribution is 0.668. The average Bonchev–Trinajstić information content (AvgIpc) is 2.45. The highest BCUT2D eigenvalue weighted by Crippen LogP contribution is 2.31. The second-order valence-corrected chi connectivity index (χ2v) is 12.0. The first-order valence-electron chi connectivity index (χ1n) is 9.20. The molecule has 0 aromatic carbocycles. The Labute approximate surface area is 130 Å². The number of hydrogen-bond donors (Lipinski definition) is 0. The predicted molar refractivity (Wildman–Crippen MR) is 101 cm³/mol. The van der Waals surface area contributed by atoms with E-state index in [0.717, 1.165) is 6.71 Å². The van der Waals surface area contributed by atoms with E-state index in [1.165, 1.54) is 57.2 Å². The van der Waals surface area contributed by atoms with Crippen LogP contribution >= 0.6 is 0 Å². The van der Waals surface area contributed by atoms with Crippen molar-refractivity contribution in [1.82, 2.24) is 0 Å². The third-order valence-corrected chi connectivity index (χ3v) is 9.20. The molecule has 0 saturated carbocycles. The van der Waals surface area contributed by atoms with E-state index < -0.39 is 8.07 Å². The Morgan fingerprint density at radius 2 is 1.45 bits per heavy atom. The van der Waals surface area contributed by atoms with Gasteiger partial charge in [-0.05, 0) is 19.3 Å². The van der Waals surface area contributed by atoms with Crippen LogP contribution in [0.3, 0.4) is 0 Å². The summed E-state index contributed by atoms with van der Waals surface area (Å²) in [5.74, 6) is 0. The second-order valence-electron chi connectivity index (χ2n) is 6.92. The zero-order valence-corrected chi connectivity index (χ0v) is 16.4. The minimum atomic E-state index is -1.17. The Morgan fingerprint density at radius 3 is 1.85 bits per heavy atom. The standard InChI is InChI=1S/C18H39BSi/c1-8-13-14-15-16-18(20(6,7)12-5)17(9-2)19(10-3)11-4/h8-16H2,1-7H3/b18-17-. The van der Waals surface area contributed by atoms with E-state index in [0.29, 0.717) is 0 Å². The third-order valence-electron chi connectivity index (χ3n) is 5.23. The molecule has 0 fully saturated rings. The minimum absolute atomic E-state index is 0.847. The first kappa shape index (κ1) is 20.0. The Bertz CT molecular complexity index is 277. The van der Waals surface area contributed by atoms with E-state index in [9.17, 15) is 0 Å². The second kappa shape index (κ2) is 10.7. The lowest BCUT2D eigenvalue weighted by Crippen LogP contribution is -2.32. The molecule has 118 valence electrons. The Hall–Kier alpha value is 0.0218. The topological polar surface area (TPSA) is 0 Å². The van der Waals surface area contributed by atoms with Gasteiger partial charge in [0.1, 0.15) is 0 Å². The van der Waals surface area contributed by atoms with Crippen molar-refractivity contribution in [3.8, 4) is 0 Å². The number of unbranched alkanes of at least 4 members (excludes halogenated alkanes) is 3. The maximum absolute atomic E-state index is 2.60. The molecule has 2 heteroatoms. The lowest BCUT2D eigenvalue weighted by atomic mass is 9.40. The van der Waals surface area contributed by atoms with E-state index in [4.69, 9.17) is 0 Å². The van der Waals surface area contributed by atoms with Crippen molar-refractivity contribution in [1.29, 1.82) is 0 Å². The molecule has 0 atom stereocenters. The van der Waals surface area contributed by atoms with Crippen molar-refractivity contribution in [2.75, 3.05) is 0 Å². The van der Waals surface area contributed by atoms with E-state index in [1.807, 2.05) is 10.7 Å². The summed E-state index contributed by atoms with van der Waals surface area (Å²) in [6, 6.07) is 1.40. The first-order valence-corrected chi connectivity index (χ1v) is 12.4. The van der Waals surface area contributed by atoms with Crippen LogP contribution in [0.5, 0.6) is 0 Å². The van der Waals surface area contributed by atoms with Gasteiger partial charge in [-0.25, -0.2) is 0 Å². The normalized spacial score (nSPS) is 13.3. The SMILES string of the molecule is CCCCCC/C(=C(\CC)B(CC)CC)[Si](C)(C)CC. The van der Waals surface area contributed by atoms with Gasteiger partial charge < -0.3 is 0 Å². The molecule has 0 heterocycles. The van der Waals surface area contributed by atoms with Crippen molar-refractivity contribution < 1.29 is 0 Å². The van der Waals surface area contributed by atoms with Crippen LogP contribution in [0, 0.1) is 0 Å². The van der Waals surface area contributed by atoms with Crippen LogP contribution in [0.1, 0.15) is 73.1 Å². The maximum Gasteiger partial charge on any atom is 0.169 e. The third kappa shape index (κ3) is 6.20. The zero-order chi connectivity index (χ0) is 15.6. The molecule has 0 bridgehead atoms. The van der Waals surface area contributed by atoms with Gasteiger partial charge in [-0.2, -0.15) is 0 Å². The molecule has 0 amide bonds. The Morgan fingerprint density at radius 1 is 0.850 bits per heavy atom. The van der Waals surface area contributed by atoms with E-state index in [1.54, 1.807) is 0 Å². The number of rotatable bonds is 11. The molecule has 0 rings (SSSR count). The van der Waals surface area contributed by atoms with Crippen molar-refractivity contribution in [3.05, 3.63) is 10.7 Å². The molecule has 0 aromatic rings. The van der Waals surface area contributed by atoms with Crippen LogP contribution in [0.15, 0.2) is 10.7 Å². The van der Waals surface area contributed by atoms with Crippen molar-refractivity contribution >= 4 is 14.8 Å². The van der Waals surface area contributed by atoms with Gasteiger partial charge >= 0.3 is 0 Å². The largest absolute Gasteiger partial charge is 0.169 e. The monoisotopic (exact) mass is 294 g/mol. The van der Waals surface area contributed by atoms with Crippen LogP contribution in [-0.4, -0.2) is 14.8 Å². The van der Waals surface area contributed by atoms with Crippen LogP contribution in [0.25, 0.3) is 0 Å². The van der Waals surface area contributed by atoms with Gasteiger partial charge in [-0.15, -0.1) is 5.47 Å². The minimum Gasteiger partial charge on any atom is -0.106 e. The molecule has 0 aromatic heterocycles. The van der Waals surface area contributed by atoms with Gasteiger partial charge in [0.05, 0.1) is 8.07 Å². The van der Waals surface area contributed by atoms with Gasteiger partial charge in [0.15, 0.2) is 6.71 Å². The van der Waals surface area contributed by atoms with E-state index >= 15 is 0 Å². The molecular formula is C18H39BSi. The van der Waals surface area contributed by atoms with Gasteiger partial charge in [0, 0.05) is 0 Å². The van der Waals surface area contributed by atoms with Gasteiger partial charge in [0.2, 0.25) is 0 Å². The predicted octanol–water partition coefficient (Wildman–Crippen LogP) is 7.00. The van der Waals surface area contributed by atoms with Crippen LogP contribution in [0.4, 0.5) is 0 Å². The fourth-order valence-electron chi connectivity index (χ4n) is 3.41. The first-order chi connectivity index (χ1) is 9.48. The summed E-state index contributed by atoms with van der Waals surface area (Å²) < 4.78 is 0. The lowest BCUT2D eigenvalue weighted by Gasteiger charge is -2.31. The van der Waals surface area contributed by atoms with Gasteiger partial charge in [-0.3, -0.25) is 0 Å². The highest BCUT2D eigenvalue weighted by molar-refractivity contribution is 6.86. The van der Waals surface area contributed by atoms with E-state index in [2.05, 4.69) is 47.7 Å². The molecule has 0 spiro atoms. The fraction of sp³-hybridized carbons (Fsp3) is 0.889. The maximum atomic E-state index is 2.60. The molecule has 0 N–H and O–H groups in total. The van der Waals surface area contributed by atoms with Gasteiger partial charge in [0.25, 0.3) is 0 Å². The van der Waals surface area contributed by atoms with Crippen molar-refractivity contribution in [2.45, 2.75) is 105 Å². The Balaban J connectivity index is 5.23. The van der Waals surface area contributed by atoms with Gasteiger partial charge in [-0.1, -0.05) is 90.9 Å². The number of allylic oxidation sites excluding steroid dienone is 2. The summed E-state index contributed by atoms with van der Waals surface area (Å²) in [5.41, 5.74) is 1.85. The molecule has 0 aliphatic heterocycles. The van der Waals surface area contributed by atoms with Crippen LogP contribution < -0.4 is 0 Å². The molecular weight excluding hydrogens is 255 g/mol. The summed E-state index contributed by atoms with van der Waals surface area (Å²) in [6.07, 6.45) is 10.9. The molecule has 0 saturated heterocycles. The smallest absolute Gasteiger partial charge is 0.106 e. The summed E-state index contributed by atoms with van der Waals surface area (Å²) >= 11 is 0. The molecule has 0 aliphatic carbocycles. The molecule has 0 aliphatic rings. The summed E-state index contributed by atoms with van der Waals surface area (Å²) in [5, 5.41) is 1.94. The van der Waals surface area contributed by atoms with E-state index in [-0.39, 0.29) is 0 Å². The summed E-state index contributed by atoms with van der Waals surface area (Å²) in [4.78, 5) is 0. The Kier molecular flexibility index (Phi) is 10.7. The molecule has 20 heavy (non-hydrogen) atoms. The fourth-order valence-corrected chi connectivity index (χ4v) is 5.94. The quantitative estimate of drug-likeness (QED) is 0.284. The van der Waals surface area contributed by atoms with Crippen LogP contribution in [0.2, 0.25) is 31.8 Å². The molecule has 0 nitrogen and oxygen atoms in total. The van der Waals surface area contributed by atoms with Crippen molar-refractivity contribution in [3.63, 3.8) is 0 Å². The number of hydrogen-bond acceptors (Lipinski definition) is 0. The molecule has 0 unspecified atom stereocenters.